The lowest BCUT2D eigenvalue weighted by Gasteiger charge is -2.14. The monoisotopic (exact) mass is 490 g/mol. The van der Waals surface area contributed by atoms with E-state index in [4.69, 9.17) is 11.6 Å². The van der Waals surface area contributed by atoms with Gasteiger partial charge in [0.25, 0.3) is 15.9 Å². The molecule has 0 heterocycles. The standard InChI is InChI=1S/C20H12ClF5N2O3S/c21-14-7-5-11(20(24,25)26)9-18(14)28-32(30,31)12-6-8-17(16(23)10-12)27-19(29)13-3-1-2-4-15(13)22/h1-10,28H,(H,27,29). The Balaban J connectivity index is 1.85. The Morgan fingerprint density at radius 3 is 2.19 bits per heavy atom. The quantitative estimate of drug-likeness (QED) is 0.451. The maximum absolute atomic E-state index is 14.4. The fourth-order valence-electron chi connectivity index (χ4n) is 2.58. The van der Waals surface area contributed by atoms with Gasteiger partial charge in [-0.2, -0.15) is 13.2 Å². The molecule has 168 valence electrons. The molecule has 5 nitrogen and oxygen atoms in total. The third-order valence-corrected chi connectivity index (χ3v) is 5.85. The Morgan fingerprint density at radius 1 is 0.875 bits per heavy atom. The lowest BCUT2D eigenvalue weighted by molar-refractivity contribution is -0.137. The first kappa shape index (κ1) is 23.5. The van der Waals surface area contributed by atoms with Gasteiger partial charge < -0.3 is 5.32 Å². The molecule has 0 unspecified atom stereocenters. The molecule has 3 aromatic carbocycles. The third kappa shape index (κ3) is 5.17. The minimum absolute atomic E-state index is 0.309. The van der Waals surface area contributed by atoms with Crippen LogP contribution < -0.4 is 10.0 Å². The van der Waals surface area contributed by atoms with Gasteiger partial charge in [-0.1, -0.05) is 23.7 Å². The van der Waals surface area contributed by atoms with Gasteiger partial charge in [0.15, 0.2) is 0 Å². The Labute approximate surface area is 183 Å². The first-order chi connectivity index (χ1) is 14.9. The molecular weight excluding hydrogens is 479 g/mol. The van der Waals surface area contributed by atoms with Crippen molar-refractivity contribution in [1.82, 2.24) is 0 Å². The highest BCUT2D eigenvalue weighted by molar-refractivity contribution is 7.92. The summed E-state index contributed by atoms with van der Waals surface area (Å²) in [5.74, 6) is -2.98. The number of anilines is 2. The van der Waals surface area contributed by atoms with Crippen LogP contribution in [0.1, 0.15) is 15.9 Å². The molecule has 3 rings (SSSR count). The minimum atomic E-state index is -4.74. The maximum atomic E-state index is 14.4. The summed E-state index contributed by atoms with van der Waals surface area (Å²) in [6, 6.07) is 9.36. The van der Waals surface area contributed by atoms with Crippen LogP contribution >= 0.6 is 11.6 Å². The summed E-state index contributed by atoms with van der Waals surface area (Å²) in [5, 5.41) is 1.80. The average Bonchev–Trinajstić information content (AvgIpc) is 2.70. The number of hydrogen-bond acceptors (Lipinski definition) is 3. The molecule has 12 heteroatoms. The van der Waals surface area contributed by atoms with E-state index in [-0.39, 0.29) is 10.6 Å². The zero-order valence-electron chi connectivity index (χ0n) is 15.7. The highest BCUT2D eigenvalue weighted by Gasteiger charge is 2.31. The first-order valence-electron chi connectivity index (χ1n) is 8.63. The highest BCUT2D eigenvalue weighted by atomic mass is 35.5. The molecule has 0 saturated carbocycles. The van der Waals surface area contributed by atoms with Crippen molar-refractivity contribution >= 4 is 38.9 Å². The van der Waals surface area contributed by atoms with Gasteiger partial charge in [0.2, 0.25) is 0 Å². The SMILES string of the molecule is O=C(Nc1ccc(S(=O)(=O)Nc2cc(C(F)(F)F)ccc2Cl)cc1F)c1ccccc1F. The van der Waals surface area contributed by atoms with Crippen LogP contribution in [-0.2, 0) is 16.2 Å². The largest absolute Gasteiger partial charge is 0.416 e. The number of halogens is 6. The molecule has 0 spiro atoms. The summed E-state index contributed by atoms with van der Waals surface area (Å²) in [4.78, 5) is 11.5. The highest BCUT2D eigenvalue weighted by Crippen LogP contribution is 2.34. The lowest BCUT2D eigenvalue weighted by Crippen LogP contribution is -2.17. The molecule has 3 aromatic rings. The van der Waals surface area contributed by atoms with Gasteiger partial charge in [0.1, 0.15) is 11.6 Å². The molecule has 0 saturated heterocycles. The van der Waals surface area contributed by atoms with Crippen LogP contribution in [-0.4, -0.2) is 14.3 Å². The molecule has 0 aliphatic heterocycles. The summed E-state index contributed by atoms with van der Waals surface area (Å²) in [6.45, 7) is 0. The average molecular weight is 491 g/mol. The van der Waals surface area contributed by atoms with Gasteiger partial charge in [-0.15, -0.1) is 0 Å². The van der Waals surface area contributed by atoms with Crippen molar-refractivity contribution in [2.75, 3.05) is 10.0 Å². The van der Waals surface area contributed by atoms with Gasteiger partial charge in [0, 0.05) is 0 Å². The summed E-state index contributed by atoms with van der Waals surface area (Å²) >= 11 is 5.78. The van der Waals surface area contributed by atoms with Crippen molar-refractivity contribution in [2.45, 2.75) is 11.1 Å². The molecular formula is C20H12ClF5N2O3S. The second-order valence-electron chi connectivity index (χ2n) is 6.37. The number of alkyl halides is 3. The maximum Gasteiger partial charge on any atom is 0.416 e. The van der Waals surface area contributed by atoms with E-state index in [9.17, 15) is 35.2 Å². The number of sulfonamides is 1. The van der Waals surface area contributed by atoms with Crippen LogP contribution in [0.25, 0.3) is 0 Å². The van der Waals surface area contributed by atoms with Crippen molar-refractivity contribution in [3.05, 3.63) is 88.4 Å². The molecule has 0 radical (unpaired) electrons. The van der Waals surface area contributed by atoms with Crippen molar-refractivity contribution < 1.29 is 35.2 Å². The molecule has 1 amide bonds. The van der Waals surface area contributed by atoms with Crippen LogP contribution in [0.3, 0.4) is 0 Å². The molecule has 0 aliphatic carbocycles. The third-order valence-electron chi connectivity index (χ3n) is 4.16. The number of carbonyl (C=O) groups excluding carboxylic acids is 1. The number of carbonyl (C=O) groups is 1. The summed E-state index contributed by atoms with van der Waals surface area (Å²) in [6.07, 6.45) is -4.74. The van der Waals surface area contributed by atoms with E-state index in [0.717, 1.165) is 24.3 Å². The first-order valence-corrected chi connectivity index (χ1v) is 10.5. The Bertz CT molecular complexity index is 1300. The van der Waals surface area contributed by atoms with E-state index in [2.05, 4.69) is 5.32 Å². The van der Waals surface area contributed by atoms with Crippen molar-refractivity contribution in [3.63, 3.8) is 0 Å². The van der Waals surface area contributed by atoms with Gasteiger partial charge in [-0.25, -0.2) is 17.2 Å². The van der Waals surface area contributed by atoms with Gasteiger partial charge in [0.05, 0.1) is 32.4 Å². The van der Waals surface area contributed by atoms with E-state index in [1.165, 1.54) is 18.2 Å². The topological polar surface area (TPSA) is 75.3 Å². The van der Waals surface area contributed by atoms with Gasteiger partial charge in [-0.05, 0) is 48.5 Å². The zero-order chi connectivity index (χ0) is 23.7. The second-order valence-corrected chi connectivity index (χ2v) is 8.46. The van der Waals surface area contributed by atoms with Crippen LogP contribution in [0.5, 0.6) is 0 Å². The molecule has 0 aliphatic rings. The number of hydrogen-bond donors (Lipinski definition) is 2. The van der Waals surface area contributed by atoms with E-state index < -0.39 is 55.6 Å². The van der Waals surface area contributed by atoms with Crippen LogP contribution in [0.4, 0.5) is 33.3 Å². The summed E-state index contributed by atoms with van der Waals surface area (Å²) in [7, 11) is -4.54. The normalized spacial score (nSPS) is 11.8. The molecule has 0 atom stereocenters. The Hall–Kier alpha value is -3.18. The van der Waals surface area contributed by atoms with E-state index in [1.54, 1.807) is 0 Å². The Morgan fingerprint density at radius 2 is 1.56 bits per heavy atom. The summed E-state index contributed by atoms with van der Waals surface area (Å²) < 4.78 is 93.6. The smallest absolute Gasteiger partial charge is 0.319 e. The minimum Gasteiger partial charge on any atom is -0.319 e. The molecule has 2 N–H and O–H groups in total. The molecule has 32 heavy (non-hydrogen) atoms. The number of rotatable bonds is 5. The zero-order valence-corrected chi connectivity index (χ0v) is 17.2. The fourth-order valence-corrected chi connectivity index (χ4v) is 3.89. The predicted octanol–water partition coefficient (Wildman–Crippen LogP) is 5.69. The van der Waals surface area contributed by atoms with E-state index >= 15 is 0 Å². The van der Waals surface area contributed by atoms with Crippen LogP contribution in [0.2, 0.25) is 5.02 Å². The van der Waals surface area contributed by atoms with Crippen molar-refractivity contribution in [3.8, 4) is 0 Å². The van der Waals surface area contributed by atoms with E-state index in [0.29, 0.717) is 18.2 Å². The lowest BCUT2D eigenvalue weighted by atomic mass is 10.2. The number of amides is 1. The van der Waals surface area contributed by atoms with Crippen LogP contribution in [0.15, 0.2) is 65.6 Å². The van der Waals surface area contributed by atoms with Gasteiger partial charge >= 0.3 is 6.18 Å². The van der Waals surface area contributed by atoms with Crippen molar-refractivity contribution in [1.29, 1.82) is 0 Å². The van der Waals surface area contributed by atoms with E-state index in [1.807, 2.05) is 4.72 Å². The number of nitrogens with one attached hydrogen (secondary N) is 2. The second kappa shape index (κ2) is 8.75. The number of benzene rings is 3. The molecule has 0 bridgehead atoms. The fraction of sp³-hybridized carbons (Fsp3) is 0.0500. The van der Waals surface area contributed by atoms with Crippen LogP contribution in [0, 0.1) is 11.6 Å². The van der Waals surface area contributed by atoms with Gasteiger partial charge in [-0.3, -0.25) is 9.52 Å². The summed E-state index contributed by atoms with van der Waals surface area (Å²) in [5.41, 5.74) is -2.49. The van der Waals surface area contributed by atoms with Crippen molar-refractivity contribution in [2.24, 2.45) is 0 Å². The molecule has 0 fully saturated rings. The molecule has 0 aromatic heterocycles. The predicted molar refractivity (Wildman–Crippen MR) is 108 cm³/mol. The Kier molecular flexibility index (Phi) is 6.42.